The molecule has 6 nitrogen and oxygen atoms in total. The van der Waals surface area contributed by atoms with Crippen molar-refractivity contribution in [1.29, 1.82) is 0 Å². The first-order valence-corrected chi connectivity index (χ1v) is 6.32. The lowest BCUT2D eigenvalue weighted by molar-refractivity contribution is 0.414. The van der Waals surface area contributed by atoms with E-state index in [9.17, 15) is 4.79 Å². The molecule has 0 spiro atoms. The molecule has 2 aromatic heterocycles. The maximum atomic E-state index is 12.5. The van der Waals surface area contributed by atoms with Gasteiger partial charge in [0.2, 0.25) is 0 Å². The average Bonchev–Trinajstić information content (AvgIpc) is 2.53. The van der Waals surface area contributed by atoms with Crippen molar-refractivity contribution in [3.05, 3.63) is 52.9 Å². The van der Waals surface area contributed by atoms with Gasteiger partial charge < -0.3 is 16.2 Å². The lowest BCUT2D eigenvalue weighted by Gasteiger charge is -2.13. The fraction of sp³-hybridized carbons (Fsp3) is 0.0667. The number of hydrogen-bond acceptors (Lipinski definition) is 5. The van der Waals surface area contributed by atoms with Crippen molar-refractivity contribution < 1.29 is 4.74 Å². The number of fused-ring (bicyclic) bond motifs is 1. The Bertz CT molecular complexity index is 886. The molecule has 106 valence electrons. The summed E-state index contributed by atoms with van der Waals surface area (Å²) in [5, 5.41) is 0.636. The van der Waals surface area contributed by atoms with Crippen LogP contribution in [0.1, 0.15) is 0 Å². The Morgan fingerprint density at radius 1 is 1.14 bits per heavy atom. The molecule has 0 unspecified atom stereocenters. The second-order valence-electron chi connectivity index (χ2n) is 4.54. The summed E-state index contributed by atoms with van der Waals surface area (Å²) in [6.07, 6.45) is 1.61. The lowest BCUT2D eigenvalue weighted by Crippen LogP contribution is -2.24. The molecule has 3 rings (SSSR count). The Morgan fingerprint density at radius 2 is 1.95 bits per heavy atom. The number of pyridine rings is 2. The van der Waals surface area contributed by atoms with Gasteiger partial charge in [0.15, 0.2) is 0 Å². The summed E-state index contributed by atoms with van der Waals surface area (Å²) in [5.74, 6) is 0.638. The molecule has 0 aliphatic rings. The third kappa shape index (κ3) is 1.97. The predicted molar refractivity (Wildman–Crippen MR) is 82.7 cm³/mol. The van der Waals surface area contributed by atoms with Crippen LogP contribution in [0.25, 0.3) is 16.7 Å². The maximum absolute atomic E-state index is 12.5. The lowest BCUT2D eigenvalue weighted by atomic mass is 10.2. The van der Waals surface area contributed by atoms with Crippen LogP contribution in [0.5, 0.6) is 5.75 Å². The highest BCUT2D eigenvalue weighted by Crippen LogP contribution is 2.25. The number of nitrogens with two attached hydrogens (primary N) is 2. The Labute approximate surface area is 120 Å². The number of anilines is 2. The van der Waals surface area contributed by atoms with Crippen molar-refractivity contribution in [3.63, 3.8) is 0 Å². The molecular weight excluding hydrogens is 268 g/mol. The van der Waals surface area contributed by atoms with Crippen LogP contribution in [-0.4, -0.2) is 16.7 Å². The van der Waals surface area contributed by atoms with Crippen LogP contribution in [0.4, 0.5) is 11.4 Å². The molecule has 0 amide bonds. The highest BCUT2D eigenvalue weighted by molar-refractivity contribution is 5.94. The van der Waals surface area contributed by atoms with E-state index in [2.05, 4.69) is 4.98 Å². The predicted octanol–water partition coefficient (Wildman–Crippen LogP) is 1.56. The van der Waals surface area contributed by atoms with Gasteiger partial charge >= 0.3 is 0 Å². The first kappa shape index (κ1) is 13.0. The molecule has 2 heterocycles. The maximum Gasteiger partial charge on any atom is 0.282 e. The van der Waals surface area contributed by atoms with Crippen LogP contribution in [0.15, 0.2) is 47.4 Å². The minimum Gasteiger partial charge on any atom is -0.497 e. The van der Waals surface area contributed by atoms with Crippen molar-refractivity contribution >= 4 is 22.4 Å². The van der Waals surface area contributed by atoms with Crippen LogP contribution >= 0.6 is 0 Å². The monoisotopic (exact) mass is 282 g/mol. The van der Waals surface area contributed by atoms with E-state index in [-0.39, 0.29) is 11.4 Å². The molecule has 3 aromatic rings. The van der Waals surface area contributed by atoms with E-state index in [4.69, 9.17) is 16.2 Å². The Morgan fingerprint density at radius 3 is 2.71 bits per heavy atom. The molecule has 0 atom stereocenters. The van der Waals surface area contributed by atoms with Gasteiger partial charge in [0, 0.05) is 17.6 Å². The van der Waals surface area contributed by atoms with E-state index in [1.54, 1.807) is 49.7 Å². The van der Waals surface area contributed by atoms with Crippen molar-refractivity contribution in [1.82, 2.24) is 9.55 Å². The zero-order valence-electron chi connectivity index (χ0n) is 11.4. The Balaban J connectivity index is 2.44. The standard InChI is InChI=1S/C15H14N4O2/c1-21-10-5-2-4-9(8-10)19-14-11(6-3-7-18-14)12(16)13(17)15(19)20/h2-8H,16-17H2,1H3. The zero-order valence-corrected chi connectivity index (χ0v) is 11.4. The van der Waals surface area contributed by atoms with Crippen LogP contribution in [0.3, 0.4) is 0 Å². The van der Waals surface area contributed by atoms with E-state index in [0.29, 0.717) is 22.5 Å². The third-order valence-electron chi connectivity index (χ3n) is 3.32. The molecule has 0 bridgehead atoms. The van der Waals surface area contributed by atoms with Gasteiger partial charge in [0.1, 0.15) is 17.1 Å². The van der Waals surface area contributed by atoms with E-state index < -0.39 is 5.56 Å². The molecule has 21 heavy (non-hydrogen) atoms. The first-order chi connectivity index (χ1) is 10.1. The molecule has 0 aliphatic heterocycles. The minimum absolute atomic E-state index is 0.0123. The van der Waals surface area contributed by atoms with Gasteiger partial charge in [-0.2, -0.15) is 0 Å². The zero-order chi connectivity index (χ0) is 15.0. The number of ether oxygens (including phenoxy) is 1. The Hall–Kier alpha value is -3.02. The van der Waals surface area contributed by atoms with E-state index in [1.165, 1.54) is 4.57 Å². The molecule has 4 N–H and O–H groups in total. The summed E-state index contributed by atoms with van der Waals surface area (Å²) in [7, 11) is 1.57. The van der Waals surface area contributed by atoms with Gasteiger partial charge in [0.25, 0.3) is 5.56 Å². The largest absolute Gasteiger partial charge is 0.497 e. The quantitative estimate of drug-likeness (QED) is 0.743. The number of rotatable bonds is 2. The third-order valence-corrected chi connectivity index (χ3v) is 3.32. The molecule has 0 saturated carbocycles. The second kappa shape index (κ2) is 4.82. The summed E-state index contributed by atoms with van der Waals surface area (Å²) in [6.45, 7) is 0. The summed E-state index contributed by atoms with van der Waals surface area (Å²) in [4.78, 5) is 16.7. The summed E-state index contributed by atoms with van der Waals surface area (Å²) in [6, 6.07) is 10.6. The van der Waals surface area contributed by atoms with Crippen LogP contribution < -0.4 is 21.8 Å². The first-order valence-electron chi connectivity index (χ1n) is 6.32. The molecular formula is C15H14N4O2. The van der Waals surface area contributed by atoms with Crippen molar-refractivity contribution in [3.8, 4) is 11.4 Å². The molecule has 0 aliphatic carbocycles. The van der Waals surface area contributed by atoms with Crippen molar-refractivity contribution in [2.24, 2.45) is 0 Å². The molecule has 0 radical (unpaired) electrons. The minimum atomic E-state index is -0.396. The number of nitrogen functional groups attached to an aromatic ring is 2. The van der Waals surface area contributed by atoms with E-state index >= 15 is 0 Å². The normalized spacial score (nSPS) is 10.7. The number of hydrogen-bond donors (Lipinski definition) is 2. The highest BCUT2D eigenvalue weighted by atomic mass is 16.5. The van der Waals surface area contributed by atoms with Gasteiger partial charge in [-0.3, -0.25) is 9.36 Å². The molecule has 1 aromatic carbocycles. The number of aromatic nitrogens is 2. The number of benzene rings is 1. The van der Waals surface area contributed by atoms with Crippen LogP contribution in [0, 0.1) is 0 Å². The van der Waals surface area contributed by atoms with Gasteiger partial charge in [-0.05, 0) is 24.3 Å². The second-order valence-corrected chi connectivity index (χ2v) is 4.54. The van der Waals surface area contributed by atoms with Gasteiger partial charge in [-0.1, -0.05) is 6.07 Å². The van der Waals surface area contributed by atoms with Gasteiger partial charge in [-0.15, -0.1) is 0 Å². The molecule has 6 heteroatoms. The number of nitrogens with zero attached hydrogens (tertiary/aromatic N) is 2. The van der Waals surface area contributed by atoms with Crippen LogP contribution in [0.2, 0.25) is 0 Å². The molecule has 0 fully saturated rings. The van der Waals surface area contributed by atoms with E-state index in [1.807, 2.05) is 0 Å². The van der Waals surface area contributed by atoms with Gasteiger partial charge in [0.05, 0.1) is 18.5 Å². The topological polar surface area (TPSA) is 96.2 Å². The summed E-state index contributed by atoms with van der Waals surface area (Å²) in [5.41, 5.74) is 12.7. The Kier molecular flexibility index (Phi) is 2.98. The fourth-order valence-electron chi connectivity index (χ4n) is 2.25. The fourth-order valence-corrected chi connectivity index (χ4v) is 2.25. The van der Waals surface area contributed by atoms with E-state index in [0.717, 1.165) is 0 Å². The average molecular weight is 282 g/mol. The highest BCUT2D eigenvalue weighted by Gasteiger charge is 2.14. The number of methoxy groups -OCH3 is 1. The summed E-state index contributed by atoms with van der Waals surface area (Å²) >= 11 is 0. The molecule has 0 saturated heterocycles. The van der Waals surface area contributed by atoms with Crippen molar-refractivity contribution in [2.45, 2.75) is 0 Å². The summed E-state index contributed by atoms with van der Waals surface area (Å²) < 4.78 is 6.62. The van der Waals surface area contributed by atoms with Gasteiger partial charge in [-0.25, -0.2) is 4.98 Å². The van der Waals surface area contributed by atoms with Crippen LogP contribution in [-0.2, 0) is 0 Å². The smallest absolute Gasteiger partial charge is 0.282 e. The van der Waals surface area contributed by atoms with Crippen molar-refractivity contribution in [2.75, 3.05) is 18.6 Å². The SMILES string of the molecule is COc1cccc(-n2c(=O)c(N)c(N)c3cccnc32)c1.